The van der Waals surface area contributed by atoms with Crippen molar-refractivity contribution in [2.75, 3.05) is 32.8 Å². The maximum absolute atomic E-state index is 5.66. The van der Waals surface area contributed by atoms with Gasteiger partial charge in [0.05, 0.1) is 6.61 Å². The third kappa shape index (κ3) is 7.19. The number of nitrogens with zero attached hydrogens (tertiary/aromatic N) is 1. The Morgan fingerprint density at radius 3 is 2.47 bits per heavy atom. The Morgan fingerprint density at radius 1 is 1.16 bits per heavy atom. The Labute approximate surface area is 118 Å². The molecule has 0 spiro atoms. The van der Waals surface area contributed by atoms with Crippen molar-refractivity contribution in [1.82, 2.24) is 10.2 Å². The number of rotatable bonds is 10. The predicted molar refractivity (Wildman–Crippen MR) is 81.8 cm³/mol. The minimum absolute atomic E-state index is 0.539. The van der Waals surface area contributed by atoms with Crippen molar-refractivity contribution in [3.05, 3.63) is 30.3 Å². The van der Waals surface area contributed by atoms with E-state index in [1.165, 1.54) is 0 Å². The van der Waals surface area contributed by atoms with Crippen LogP contribution in [0.5, 0.6) is 5.75 Å². The van der Waals surface area contributed by atoms with Gasteiger partial charge in [-0.25, -0.2) is 0 Å². The molecular weight excluding hydrogens is 236 g/mol. The van der Waals surface area contributed by atoms with E-state index in [2.05, 4.69) is 31.0 Å². The first-order valence-corrected chi connectivity index (χ1v) is 7.39. The van der Waals surface area contributed by atoms with Crippen molar-refractivity contribution in [2.45, 2.75) is 33.2 Å². The first kappa shape index (κ1) is 16.0. The van der Waals surface area contributed by atoms with Crippen LogP contribution < -0.4 is 10.1 Å². The van der Waals surface area contributed by atoms with Gasteiger partial charge in [-0.1, -0.05) is 32.0 Å². The molecule has 0 amide bonds. The molecule has 19 heavy (non-hydrogen) atoms. The molecular formula is C16H28N2O. The van der Waals surface area contributed by atoms with Crippen LogP contribution >= 0.6 is 0 Å². The topological polar surface area (TPSA) is 24.5 Å². The van der Waals surface area contributed by atoms with Gasteiger partial charge in [-0.3, -0.25) is 0 Å². The van der Waals surface area contributed by atoms with Crippen molar-refractivity contribution >= 4 is 0 Å². The molecule has 0 heterocycles. The maximum atomic E-state index is 5.66. The van der Waals surface area contributed by atoms with Crippen LogP contribution in [0.4, 0.5) is 0 Å². The van der Waals surface area contributed by atoms with E-state index >= 15 is 0 Å². The molecule has 0 saturated carbocycles. The molecule has 0 aliphatic carbocycles. The number of ether oxygens (including phenoxy) is 1. The first-order chi connectivity index (χ1) is 9.26. The fourth-order valence-corrected chi connectivity index (χ4v) is 2.06. The van der Waals surface area contributed by atoms with E-state index in [1.54, 1.807) is 0 Å². The summed E-state index contributed by atoms with van der Waals surface area (Å²) in [6.07, 6.45) is 1.04. The second-order valence-electron chi connectivity index (χ2n) is 4.86. The summed E-state index contributed by atoms with van der Waals surface area (Å²) in [6, 6.07) is 10.5. The minimum atomic E-state index is 0.539. The summed E-state index contributed by atoms with van der Waals surface area (Å²) in [6.45, 7) is 11.8. The van der Waals surface area contributed by atoms with Crippen LogP contribution in [0.2, 0.25) is 0 Å². The Balaban J connectivity index is 2.04. The standard InChI is InChI=1S/C16H28N2O/c1-4-18(5-2)14-15(3)17-12-9-13-19-16-10-7-6-8-11-16/h6-8,10-11,15,17H,4-5,9,12-14H2,1-3H3. The summed E-state index contributed by atoms with van der Waals surface area (Å²) in [5.74, 6) is 0.957. The molecule has 1 rings (SSSR count). The maximum Gasteiger partial charge on any atom is 0.119 e. The van der Waals surface area contributed by atoms with E-state index in [0.717, 1.165) is 45.0 Å². The van der Waals surface area contributed by atoms with E-state index in [1.807, 2.05) is 30.3 Å². The molecule has 0 bridgehead atoms. The molecule has 0 aromatic heterocycles. The largest absolute Gasteiger partial charge is 0.494 e. The summed E-state index contributed by atoms with van der Waals surface area (Å²) >= 11 is 0. The van der Waals surface area contributed by atoms with Gasteiger partial charge in [-0.15, -0.1) is 0 Å². The van der Waals surface area contributed by atoms with Crippen molar-refractivity contribution in [3.8, 4) is 5.75 Å². The number of para-hydroxylation sites is 1. The lowest BCUT2D eigenvalue weighted by molar-refractivity contribution is 0.264. The normalized spacial score (nSPS) is 12.6. The Kier molecular flexibility index (Phi) is 8.26. The highest BCUT2D eigenvalue weighted by molar-refractivity contribution is 5.20. The summed E-state index contributed by atoms with van der Waals surface area (Å²) in [4.78, 5) is 2.44. The molecule has 0 radical (unpaired) electrons. The molecule has 0 fully saturated rings. The van der Waals surface area contributed by atoms with Crippen LogP contribution in [0.3, 0.4) is 0 Å². The molecule has 1 aromatic carbocycles. The summed E-state index contributed by atoms with van der Waals surface area (Å²) in [5.41, 5.74) is 0. The van der Waals surface area contributed by atoms with Crippen molar-refractivity contribution < 1.29 is 4.74 Å². The second kappa shape index (κ2) is 9.82. The highest BCUT2D eigenvalue weighted by atomic mass is 16.5. The summed E-state index contributed by atoms with van der Waals surface area (Å²) < 4.78 is 5.66. The molecule has 1 aromatic rings. The average Bonchev–Trinajstić information content (AvgIpc) is 2.45. The molecule has 0 saturated heterocycles. The Hall–Kier alpha value is -1.06. The van der Waals surface area contributed by atoms with E-state index in [4.69, 9.17) is 4.74 Å². The lowest BCUT2D eigenvalue weighted by Crippen LogP contribution is -2.39. The lowest BCUT2D eigenvalue weighted by atomic mass is 10.3. The molecule has 1 unspecified atom stereocenters. The number of nitrogens with one attached hydrogen (secondary N) is 1. The van der Waals surface area contributed by atoms with Crippen LogP contribution in [0, 0.1) is 0 Å². The fourth-order valence-electron chi connectivity index (χ4n) is 2.06. The van der Waals surface area contributed by atoms with Gasteiger partial charge in [-0.05, 0) is 45.1 Å². The van der Waals surface area contributed by atoms with Crippen molar-refractivity contribution in [2.24, 2.45) is 0 Å². The summed E-state index contributed by atoms with van der Waals surface area (Å²) in [5, 5.41) is 3.55. The van der Waals surface area contributed by atoms with E-state index in [-0.39, 0.29) is 0 Å². The van der Waals surface area contributed by atoms with E-state index in [9.17, 15) is 0 Å². The predicted octanol–water partition coefficient (Wildman–Crippen LogP) is 2.78. The van der Waals surface area contributed by atoms with Gasteiger partial charge in [0.15, 0.2) is 0 Å². The van der Waals surface area contributed by atoms with E-state index < -0.39 is 0 Å². The third-order valence-electron chi connectivity index (χ3n) is 3.25. The van der Waals surface area contributed by atoms with Gasteiger partial charge in [-0.2, -0.15) is 0 Å². The quantitative estimate of drug-likeness (QED) is 0.658. The number of benzene rings is 1. The smallest absolute Gasteiger partial charge is 0.119 e. The first-order valence-electron chi connectivity index (χ1n) is 7.39. The van der Waals surface area contributed by atoms with Gasteiger partial charge in [0, 0.05) is 12.6 Å². The zero-order chi connectivity index (χ0) is 13.9. The molecule has 0 aliphatic heterocycles. The Morgan fingerprint density at radius 2 is 1.84 bits per heavy atom. The van der Waals surface area contributed by atoms with Gasteiger partial charge < -0.3 is 15.0 Å². The van der Waals surface area contributed by atoms with Gasteiger partial charge >= 0.3 is 0 Å². The van der Waals surface area contributed by atoms with Crippen LogP contribution in [0.1, 0.15) is 27.2 Å². The number of hydrogen-bond donors (Lipinski definition) is 1. The van der Waals surface area contributed by atoms with Crippen LogP contribution in [0.15, 0.2) is 30.3 Å². The van der Waals surface area contributed by atoms with Crippen LogP contribution in [-0.4, -0.2) is 43.7 Å². The second-order valence-corrected chi connectivity index (χ2v) is 4.86. The molecule has 0 aliphatic rings. The number of likely N-dealkylation sites (N-methyl/N-ethyl adjacent to an activating group) is 1. The van der Waals surface area contributed by atoms with Crippen LogP contribution in [-0.2, 0) is 0 Å². The minimum Gasteiger partial charge on any atom is -0.494 e. The van der Waals surface area contributed by atoms with E-state index in [0.29, 0.717) is 6.04 Å². The van der Waals surface area contributed by atoms with Gasteiger partial charge in [0.1, 0.15) is 5.75 Å². The molecule has 3 heteroatoms. The highest BCUT2D eigenvalue weighted by Crippen LogP contribution is 2.08. The fraction of sp³-hybridized carbons (Fsp3) is 0.625. The van der Waals surface area contributed by atoms with Crippen molar-refractivity contribution in [1.29, 1.82) is 0 Å². The highest BCUT2D eigenvalue weighted by Gasteiger charge is 2.05. The van der Waals surface area contributed by atoms with Gasteiger partial charge in [0.2, 0.25) is 0 Å². The Bertz CT molecular complexity index is 312. The van der Waals surface area contributed by atoms with Crippen LogP contribution in [0.25, 0.3) is 0 Å². The summed E-state index contributed by atoms with van der Waals surface area (Å²) in [7, 11) is 0. The molecule has 1 N–H and O–H groups in total. The average molecular weight is 264 g/mol. The SMILES string of the molecule is CCN(CC)CC(C)NCCCOc1ccccc1. The van der Waals surface area contributed by atoms with Gasteiger partial charge in [0.25, 0.3) is 0 Å². The zero-order valence-corrected chi connectivity index (χ0v) is 12.6. The monoisotopic (exact) mass is 264 g/mol. The third-order valence-corrected chi connectivity index (χ3v) is 3.25. The molecule has 1 atom stereocenters. The number of hydrogen-bond acceptors (Lipinski definition) is 3. The zero-order valence-electron chi connectivity index (χ0n) is 12.6. The van der Waals surface area contributed by atoms with Crippen molar-refractivity contribution in [3.63, 3.8) is 0 Å². The molecule has 3 nitrogen and oxygen atoms in total. The molecule has 108 valence electrons. The lowest BCUT2D eigenvalue weighted by Gasteiger charge is -2.23.